The van der Waals surface area contributed by atoms with Crippen LogP contribution in [0.15, 0.2) is 41.9 Å². The molecule has 0 aliphatic heterocycles. The van der Waals surface area contributed by atoms with Crippen LogP contribution in [0.1, 0.15) is 37.7 Å². The van der Waals surface area contributed by atoms with E-state index in [1.165, 1.54) is 37.6 Å². The van der Waals surface area contributed by atoms with E-state index in [0.717, 1.165) is 37.8 Å². The van der Waals surface area contributed by atoms with Gasteiger partial charge < -0.3 is 15.4 Å². The molecule has 0 radical (unpaired) electrons. The molecule has 1 saturated carbocycles. The average Bonchev–Trinajstić information content (AvgIpc) is 3.40. The standard InChI is InChI=1S/C20H30N6O.HI/c1-21-19(24-14-20(11-12-27-2)9-3-4-10-20)23-13-17-5-7-18(8-6-17)26-16-22-15-25-26;/h5-8,15-16H,3-4,9-14H2,1-2H3,(H2,21,23,24);1H. The highest BCUT2D eigenvalue weighted by atomic mass is 127. The number of aliphatic imine (C=N–C) groups is 1. The molecule has 0 atom stereocenters. The maximum absolute atomic E-state index is 5.32. The summed E-state index contributed by atoms with van der Waals surface area (Å²) in [5, 5.41) is 11.1. The van der Waals surface area contributed by atoms with E-state index in [4.69, 9.17) is 4.74 Å². The van der Waals surface area contributed by atoms with Crippen LogP contribution in [-0.2, 0) is 11.3 Å². The van der Waals surface area contributed by atoms with Gasteiger partial charge in [-0.1, -0.05) is 25.0 Å². The third kappa shape index (κ3) is 6.16. The van der Waals surface area contributed by atoms with E-state index in [2.05, 4.69) is 37.8 Å². The lowest BCUT2D eigenvalue weighted by atomic mass is 9.83. The molecule has 8 heteroatoms. The lowest BCUT2D eigenvalue weighted by Crippen LogP contribution is -2.43. The van der Waals surface area contributed by atoms with Gasteiger partial charge >= 0.3 is 0 Å². The summed E-state index contributed by atoms with van der Waals surface area (Å²) in [5.41, 5.74) is 2.53. The van der Waals surface area contributed by atoms with Crippen molar-refractivity contribution in [2.24, 2.45) is 10.4 Å². The topological polar surface area (TPSA) is 76.4 Å². The van der Waals surface area contributed by atoms with Crippen molar-refractivity contribution in [1.82, 2.24) is 25.4 Å². The van der Waals surface area contributed by atoms with Gasteiger partial charge in [-0.3, -0.25) is 4.99 Å². The SMILES string of the molecule is CN=C(NCc1ccc(-n2cncn2)cc1)NCC1(CCOC)CCCC1.I. The summed E-state index contributed by atoms with van der Waals surface area (Å²) in [5.74, 6) is 0.846. The fraction of sp³-hybridized carbons (Fsp3) is 0.550. The Bertz CT molecular complexity index is 711. The van der Waals surface area contributed by atoms with Gasteiger partial charge in [0.25, 0.3) is 0 Å². The molecule has 0 saturated heterocycles. The monoisotopic (exact) mass is 498 g/mol. The van der Waals surface area contributed by atoms with E-state index in [1.54, 1.807) is 18.1 Å². The molecule has 1 fully saturated rings. The molecular formula is C20H31IN6O. The average molecular weight is 498 g/mol. The lowest BCUT2D eigenvalue weighted by Gasteiger charge is -2.30. The Balaban J connectivity index is 0.00000280. The van der Waals surface area contributed by atoms with E-state index in [1.807, 2.05) is 19.2 Å². The van der Waals surface area contributed by atoms with Gasteiger partial charge in [0.1, 0.15) is 12.7 Å². The molecule has 2 aromatic rings. The van der Waals surface area contributed by atoms with E-state index in [0.29, 0.717) is 5.41 Å². The second-order valence-corrected chi connectivity index (χ2v) is 7.24. The fourth-order valence-corrected chi connectivity index (χ4v) is 3.74. The van der Waals surface area contributed by atoms with Crippen molar-refractivity contribution in [3.05, 3.63) is 42.5 Å². The van der Waals surface area contributed by atoms with Crippen LogP contribution in [0.2, 0.25) is 0 Å². The van der Waals surface area contributed by atoms with Gasteiger partial charge in [0.15, 0.2) is 5.96 Å². The van der Waals surface area contributed by atoms with Gasteiger partial charge in [-0.15, -0.1) is 24.0 Å². The summed E-state index contributed by atoms with van der Waals surface area (Å²) in [6.07, 6.45) is 9.51. The highest BCUT2D eigenvalue weighted by molar-refractivity contribution is 14.0. The van der Waals surface area contributed by atoms with Crippen LogP contribution in [0.3, 0.4) is 0 Å². The van der Waals surface area contributed by atoms with Crippen molar-refractivity contribution < 1.29 is 4.74 Å². The molecule has 7 nitrogen and oxygen atoms in total. The number of hydrogen-bond acceptors (Lipinski definition) is 4. The van der Waals surface area contributed by atoms with Crippen LogP contribution >= 0.6 is 24.0 Å². The van der Waals surface area contributed by atoms with Crippen molar-refractivity contribution in [2.75, 3.05) is 27.3 Å². The van der Waals surface area contributed by atoms with Gasteiger partial charge in [-0.2, -0.15) is 5.10 Å². The minimum absolute atomic E-state index is 0. The Labute approximate surface area is 184 Å². The first-order chi connectivity index (χ1) is 13.2. The molecule has 1 heterocycles. The van der Waals surface area contributed by atoms with Crippen LogP contribution in [-0.4, -0.2) is 48.0 Å². The third-order valence-electron chi connectivity index (χ3n) is 5.43. The minimum atomic E-state index is 0. The first-order valence-corrected chi connectivity index (χ1v) is 9.62. The third-order valence-corrected chi connectivity index (χ3v) is 5.43. The van der Waals surface area contributed by atoms with Gasteiger partial charge in [0, 0.05) is 33.9 Å². The Morgan fingerprint density at radius 1 is 1.21 bits per heavy atom. The summed E-state index contributed by atoms with van der Waals surface area (Å²) >= 11 is 0. The summed E-state index contributed by atoms with van der Waals surface area (Å²) < 4.78 is 7.07. The van der Waals surface area contributed by atoms with Gasteiger partial charge in [-0.05, 0) is 42.4 Å². The van der Waals surface area contributed by atoms with E-state index >= 15 is 0 Å². The first-order valence-electron chi connectivity index (χ1n) is 9.62. The zero-order valence-electron chi connectivity index (χ0n) is 16.7. The quantitative estimate of drug-likeness (QED) is 0.332. The maximum Gasteiger partial charge on any atom is 0.191 e. The molecule has 0 bridgehead atoms. The van der Waals surface area contributed by atoms with Crippen LogP contribution < -0.4 is 10.6 Å². The second-order valence-electron chi connectivity index (χ2n) is 7.24. The summed E-state index contributed by atoms with van der Waals surface area (Å²) in [6, 6.07) is 8.27. The van der Waals surface area contributed by atoms with Crippen LogP contribution in [0, 0.1) is 5.41 Å². The summed E-state index contributed by atoms with van der Waals surface area (Å²) in [7, 11) is 3.60. The van der Waals surface area contributed by atoms with Gasteiger partial charge in [0.05, 0.1) is 5.69 Å². The smallest absolute Gasteiger partial charge is 0.191 e. The minimum Gasteiger partial charge on any atom is -0.385 e. The maximum atomic E-state index is 5.32. The second kappa shape index (κ2) is 11.4. The molecule has 1 aromatic heterocycles. The normalized spacial score (nSPS) is 15.9. The van der Waals surface area contributed by atoms with E-state index < -0.39 is 0 Å². The predicted molar refractivity (Wildman–Crippen MR) is 122 cm³/mol. The number of ether oxygens (including phenoxy) is 1. The molecule has 2 N–H and O–H groups in total. The fourth-order valence-electron chi connectivity index (χ4n) is 3.74. The zero-order chi connectivity index (χ0) is 19.0. The van der Waals surface area contributed by atoms with Gasteiger partial charge in [-0.25, -0.2) is 9.67 Å². The molecule has 3 rings (SSSR count). The number of halogens is 1. The molecule has 1 aliphatic carbocycles. The number of rotatable bonds is 8. The van der Waals surface area contributed by atoms with Gasteiger partial charge in [0.2, 0.25) is 0 Å². The number of hydrogen-bond donors (Lipinski definition) is 2. The van der Waals surface area contributed by atoms with Crippen molar-refractivity contribution in [2.45, 2.75) is 38.6 Å². The molecule has 154 valence electrons. The molecule has 0 unspecified atom stereocenters. The van der Waals surface area contributed by atoms with Crippen molar-refractivity contribution >= 4 is 29.9 Å². The number of nitrogens with one attached hydrogen (secondary N) is 2. The first kappa shape index (κ1) is 22.6. The number of guanidine groups is 1. The number of nitrogens with zero attached hydrogens (tertiary/aromatic N) is 4. The summed E-state index contributed by atoms with van der Waals surface area (Å²) in [4.78, 5) is 8.35. The number of methoxy groups -OCH3 is 1. The molecule has 1 aliphatic rings. The molecule has 1 aromatic carbocycles. The van der Waals surface area contributed by atoms with Crippen LogP contribution in [0.5, 0.6) is 0 Å². The molecule has 0 amide bonds. The van der Waals surface area contributed by atoms with E-state index in [9.17, 15) is 0 Å². The summed E-state index contributed by atoms with van der Waals surface area (Å²) in [6.45, 7) is 2.50. The van der Waals surface area contributed by atoms with Crippen LogP contribution in [0.25, 0.3) is 5.69 Å². The Morgan fingerprint density at radius 2 is 1.96 bits per heavy atom. The highest BCUT2D eigenvalue weighted by Crippen LogP contribution is 2.40. The number of aromatic nitrogens is 3. The molecular weight excluding hydrogens is 467 g/mol. The van der Waals surface area contributed by atoms with E-state index in [-0.39, 0.29) is 24.0 Å². The Morgan fingerprint density at radius 3 is 2.57 bits per heavy atom. The molecule has 28 heavy (non-hydrogen) atoms. The Hall–Kier alpha value is -1.68. The van der Waals surface area contributed by atoms with Crippen molar-refractivity contribution in [1.29, 1.82) is 0 Å². The Kier molecular flexibility index (Phi) is 9.17. The van der Waals surface area contributed by atoms with Crippen LogP contribution in [0.4, 0.5) is 0 Å². The zero-order valence-corrected chi connectivity index (χ0v) is 19.1. The number of benzene rings is 1. The lowest BCUT2D eigenvalue weighted by molar-refractivity contribution is 0.138. The molecule has 0 spiro atoms. The largest absolute Gasteiger partial charge is 0.385 e. The van der Waals surface area contributed by atoms with Crippen molar-refractivity contribution in [3.8, 4) is 5.69 Å². The van der Waals surface area contributed by atoms with Crippen molar-refractivity contribution in [3.63, 3.8) is 0 Å². The highest BCUT2D eigenvalue weighted by Gasteiger charge is 2.33. The predicted octanol–water partition coefficient (Wildman–Crippen LogP) is 3.15.